The summed E-state index contributed by atoms with van der Waals surface area (Å²) >= 11 is 0. The van der Waals surface area contributed by atoms with Crippen molar-refractivity contribution in [2.24, 2.45) is 0 Å². The maximum absolute atomic E-state index is 13.2. The summed E-state index contributed by atoms with van der Waals surface area (Å²) in [6.07, 6.45) is -0.279. The molecule has 0 bridgehead atoms. The third-order valence-electron chi connectivity index (χ3n) is 2.31. The fourth-order valence-corrected chi connectivity index (χ4v) is 1.32. The van der Waals surface area contributed by atoms with Crippen molar-refractivity contribution < 1.29 is 19.0 Å². The fraction of sp³-hybridized carbons (Fsp3) is 0.417. The van der Waals surface area contributed by atoms with Gasteiger partial charge in [-0.1, -0.05) is 12.1 Å². The van der Waals surface area contributed by atoms with Gasteiger partial charge in [-0.3, -0.25) is 4.79 Å². The van der Waals surface area contributed by atoms with Gasteiger partial charge in [-0.25, -0.2) is 4.39 Å². The molecular formula is C12H16FNO3. The molecule has 0 radical (unpaired) electrons. The number of benzene rings is 1. The van der Waals surface area contributed by atoms with Gasteiger partial charge in [0, 0.05) is 13.0 Å². The number of carbonyl (C=O) groups is 1. The zero-order valence-corrected chi connectivity index (χ0v) is 9.65. The second-order valence-electron chi connectivity index (χ2n) is 3.63. The van der Waals surface area contributed by atoms with Crippen LogP contribution in [0.25, 0.3) is 0 Å². The Morgan fingerprint density at radius 3 is 2.88 bits per heavy atom. The standard InChI is InChI=1S/C12H16FNO3/c1-17-12(16)7-6-9(15)8-14-11-5-3-2-4-10(11)13/h2-5,9,14-15H,6-8H2,1H3. The number of rotatable bonds is 6. The first kappa shape index (κ1) is 13.4. The number of esters is 1. The number of methoxy groups -OCH3 is 1. The number of nitrogens with one attached hydrogen (secondary N) is 1. The molecule has 5 heteroatoms. The van der Waals surface area contributed by atoms with E-state index in [9.17, 15) is 14.3 Å². The maximum Gasteiger partial charge on any atom is 0.305 e. The highest BCUT2D eigenvalue weighted by atomic mass is 19.1. The molecule has 0 saturated heterocycles. The smallest absolute Gasteiger partial charge is 0.305 e. The van der Waals surface area contributed by atoms with E-state index in [0.717, 1.165) is 0 Å². The highest BCUT2D eigenvalue weighted by Gasteiger charge is 2.09. The second-order valence-corrected chi connectivity index (χ2v) is 3.63. The van der Waals surface area contributed by atoms with Gasteiger partial charge in [0.15, 0.2) is 0 Å². The minimum Gasteiger partial charge on any atom is -0.469 e. The molecule has 0 fully saturated rings. The van der Waals surface area contributed by atoms with Gasteiger partial charge in [0.25, 0.3) is 0 Å². The first-order valence-electron chi connectivity index (χ1n) is 5.36. The number of halogens is 1. The average Bonchev–Trinajstić information content (AvgIpc) is 2.35. The van der Waals surface area contributed by atoms with Gasteiger partial charge >= 0.3 is 5.97 Å². The lowest BCUT2D eigenvalue weighted by Gasteiger charge is -2.12. The number of aliphatic hydroxyl groups excluding tert-OH is 1. The molecule has 0 aliphatic heterocycles. The van der Waals surface area contributed by atoms with Gasteiger partial charge in [0.2, 0.25) is 0 Å². The van der Waals surface area contributed by atoms with Crippen molar-refractivity contribution >= 4 is 11.7 Å². The molecule has 0 aliphatic carbocycles. The van der Waals surface area contributed by atoms with Gasteiger partial charge in [-0.2, -0.15) is 0 Å². The van der Waals surface area contributed by atoms with E-state index in [2.05, 4.69) is 10.1 Å². The van der Waals surface area contributed by atoms with Crippen LogP contribution in [0.4, 0.5) is 10.1 Å². The molecule has 0 saturated carbocycles. The van der Waals surface area contributed by atoms with Gasteiger partial charge in [-0.05, 0) is 18.6 Å². The Morgan fingerprint density at radius 1 is 1.53 bits per heavy atom. The summed E-state index contributed by atoms with van der Waals surface area (Å²) in [5, 5.41) is 12.3. The van der Waals surface area contributed by atoms with Crippen molar-refractivity contribution in [2.75, 3.05) is 19.0 Å². The molecule has 1 aromatic carbocycles. The van der Waals surface area contributed by atoms with Crippen LogP contribution < -0.4 is 5.32 Å². The monoisotopic (exact) mass is 241 g/mol. The van der Waals surface area contributed by atoms with E-state index in [1.165, 1.54) is 13.2 Å². The molecule has 2 N–H and O–H groups in total. The zero-order chi connectivity index (χ0) is 12.7. The molecule has 0 heterocycles. The fourth-order valence-electron chi connectivity index (χ4n) is 1.32. The average molecular weight is 241 g/mol. The Morgan fingerprint density at radius 2 is 2.24 bits per heavy atom. The van der Waals surface area contributed by atoms with E-state index >= 15 is 0 Å². The predicted molar refractivity (Wildman–Crippen MR) is 62.1 cm³/mol. The first-order valence-corrected chi connectivity index (χ1v) is 5.36. The highest BCUT2D eigenvalue weighted by molar-refractivity contribution is 5.69. The number of anilines is 1. The molecule has 0 aliphatic rings. The zero-order valence-electron chi connectivity index (χ0n) is 9.65. The summed E-state index contributed by atoms with van der Waals surface area (Å²) in [6, 6.07) is 6.21. The molecule has 1 rings (SSSR count). The van der Waals surface area contributed by atoms with Gasteiger partial charge in [0.1, 0.15) is 5.82 Å². The number of aliphatic hydroxyl groups is 1. The summed E-state index contributed by atoms with van der Waals surface area (Å²) in [5.41, 5.74) is 0.338. The van der Waals surface area contributed by atoms with Crippen LogP contribution in [-0.4, -0.2) is 30.8 Å². The summed E-state index contributed by atoms with van der Waals surface area (Å²) in [5.74, 6) is -0.734. The second kappa shape index (κ2) is 6.85. The summed E-state index contributed by atoms with van der Waals surface area (Å²) < 4.78 is 17.6. The molecule has 94 valence electrons. The normalized spacial score (nSPS) is 11.9. The van der Waals surface area contributed by atoms with Crippen LogP contribution in [-0.2, 0) is 9.53 Å². The topological polar surface area (TPSA) is 58.6 Å². The molecule has 1 aromatic rings. The van der Waals surface area contributed by atoms with Crippen molar-refractivity contribution in [3.05, 3.63) is 30.1 Å². The van der Waals surface area contributed by atoms with E-state index in [1.807, 2.05) is 0 Å². The summed E-state index contributed by atoms with van der Waals surface area (Å²) in [4.78, 5) is 10.8. The van der Waals surface area contributed by atoms with Crippen LogP contribution in [0.1, 0.15) is 12.8 Å². The van der Waals surface area contributed by atoms with Crippen LogP contribution in [0.15, 0.2) is 24.3 Å². The molecule has 4 nitrogen and oxygen atoms in total. The molecular weight excluding hydrogens is 225 g/mol. The summed E-state index contributed by atoms with van der Waals surface area (Å²) in [7, 11) is 1.30. The van der Waals surface area contributed by atoms with Crippen LogP contribution in [0.2, 0.25) is 0 Å². The predicted octanol–water partition coefficient (Wildman–Crippen LogP) is 1.55. The van der Waals surface area contributed by atoms with Crippen molar-refractivity contribution in [3.8, 4) is 0 Å². The SMILES string of the molecule is COC(=O)CCC(O)CNc1ccccc1F. The van der Waals surface area contributed by atoms with Crippen molar-refractivity contribution in [1.29, 1.82) is 0 Å². The summed E-state index contributed by atoms with van der Waals surface area (Å²) in [6.45, 7) is 0.192. The van der Waals surface area contributed by atoms with Crippen molar-refractivity contribution in [1.82, 2.24) is 0 Å². The molecule has 0 aromatic heterocycles. The minimum absolute atomic E-state index is 0.149. The van der Waals surface area contributed by atoms with Gasteiger partial charge in [-0.15, -0.1) is 0 Å². The molecule has 0 spiro atoms. The number of para-hydroxylation sites is 1. The van der Waals surface area contributed by atoms with Crippen LogP contribution in [0.5, 0.6) is 0 Å². The quantitative estimate of drug-likeness (QED) is 0.742. The number of ether oxygens (including phenoxy) is 1. The van der Waals surface area contributed by atoms with Crippen molar-refractivity contribution in [2.45, 2.75) is 18.9 Å². The third-order valence-corrected chi connectivity index (χ3v) is 2.31. The molecule has 0 amide bonds. The first-order chi connectivity index (χ1) is 8.13. The van der Waals surface area contributed by atoms with E-state index in [1.54, 1.807) is 18.2 Å². The lowest BCUT2D eigenvalue weighted by Crippen LogP contribution is -2.21. The largest absolute Gasteiger partial charge is 0.469 e. The van der Waals surface area contributed by atoms with E-state index < -0.39 is 6.10 Å². The molecule has 1 unspecified atom stereocenters. The van der Waals surface area contributed by atoms with Gasteiger partial charge < -0.3 is 15.2 Å². The number of hydrogen-bond acceptors (Lipinski definition) is 4. The Bertz CT molecular complexity index is 371. The number of carbonyl (C=O) groups excluding carboxylic acids is 1. The van der Waals surface area contributed by atoms with Gasteiger partial charge in [0.05, 0.1) is 18.9 Å². The van der Waals surface area contributed by atoms with Crippen molar-refractivity contribution in [3.63, 3.8) is 0 Å². The Hall–Kier alpha value is -1.62. The van der Waals surface area contributed by atoms with E-state index in [0.29, 0.717) is 5.69 Å². The lowest BCUT2D eigenvalue weighted by atomic mass is 10.2. The lowest BCUT2D eigenvalue weighted by molar-refractivity contribution is -0.141. The maximum atomic E-state index is 13.2. The van der Waals surface area contributed by atoms with Crippen LogP contribution in [0.3, 0.4) is 0 Å². The molecule has 1 atom stereocenters. The third kappa shape index (κ3) is 4.82. The Balaban J connectivity index is 2.31. The Labute approximate surface area is 99.4 Å². The highest BCUT2D eigenvalue weighted by Crippen LogP contribution is 2.12. The number of hydrogen-bond donors (Lipinski definition) is 2. The van der Waals surface area contributed by atoms with E-state index in [-0.39, 0.29) is 31.2 Å². The van der Waals surface area contributed by atoms with Crippen LogP contribution >= 0.6 is 0 Å². The minimum atomic E-state index is -0.714. The van der Waals surface area contributed by atoms with E-state index in [4.69, 9.17) is 0 Å². The molecule has 17 heavy (non-hydrogen) atoms. The Kier molecular flexibility index (Phi) is 5.42. The van der Waals surface area contributed by atoms with Crippen LogP contribution in [0, 0.1) is 5.82 Å².